The van der Waals surface area contributed by atoms with Crippen LogP contribution in [0, 0.1) is 5.82 Å². The highest BCUT2D eigenvalue weighted by Gasteiger charge is 2.34. The second kappa shape index (κ2) is 7.67. The first-order valence-electron chi connectivity index (χ1n) is 8.92. The maximum absolute atomic E-state index is 13.9. The summed E-state index contributed by atoms with van der Waals surface area (Å²) >= 11 is 3.35. The number of aromatic nitrogens is 1. The molecule has 2 heterocycles. The summed E-state index contributed by atoms with van der Waals surface area (Å²) in [6.45, 7) is -0.169. The lowest BCUT2D eigenvalue weighted by Crippen LogP contribution is -2.35. The summed E-state index contributed by atoms with van der Waals surface area (Å²) in [5.74, 6) is -1.11. The van der Waals surface area contributed by atoms with Crippen LogP contribution in [0.3, 0.4) is 0 Å². The quantitative estimate of drug-likeness (QED) is 0.593. The van der Waals surface area contributed by atoms with Gasteiger partial charge >= 0.3 is 0 Å². The molecule has 4 rings (SSSR count). The number of nitrogens with zero attached hydrogens (tertiary/aromatic N) is 2. The van der Waals surface area contributed by atoms with Crippen LogP contribution in [0.1, 0.15) is 11.3 Å². The molecule has 0 saturated heterocycles. The summed E-state index contributed by atoms with van der Waals surface area (Å²) in [5, 5.41) is 2.78. The minimum atomic E-state index is -0.435. The van der Waals surface area contributed by atoms with E-state index in [-0.39, 0.29) is 18.4 Å². The molecule has 0 unspecified atom stereocenters. The van der Waals surface area contributed by atoms with Crippen LogP contribution in [0.2, 0.25) is 0 Å². The number of carbonyl (C=O) groups is 2. The van der Waals surface area contributed by atoms with Gasteiger partial charge in [0.05, 0.1) is 11.3 Å². The zero-order valence-electron chi connectivity index (χ0n) is 15.5. The molecular weight excluding hydrogens is 437 g/mol. The van der Waals surface area contributed by atoms with E-state index < -0.39 is 5.82 Å². The standard InChI is InChI=1S/C22H17BrFN3O2/c1-26-10-2-3-17(26)12-19-18-11-15(24)6-9-20(18)27(22(19)29)13-21(28)25-16-7-4-14(23)5-8-16/h2-12H,13H2,1H3,(H,25,28)/b19-12+. The molecule has 1 aromatic heterocycles. The van der Waals surface area contributed by atoms with Crippen molar-refractivity contribution < 1.29 is 14.0 Å². The number of aryl methyl sites for hydroxylation is 1. The molecule has 29 heavy (non-hydrogen) atoms. The number of halogens is 2. The van der Waals surface area contributed by atoms with Crippen LogP contribution < -0.4 is 10.2 Å². The molecule has 1 N–H and O–H groups in total. The van der Waals surface area contributed by atoms with Crippen LogP contribution in [-0.2, 0) is 16.6 Å². The van der Waals surface area contributed by atoms with E-state index in [0.29, 0.717) is 22.5 Å². The lowest BCUT2D eigenvalue weighted by molar-refractivity contribution is -0.118. The van der Waals surface area contributed by atoms with Crippen molar-refractivity contribution >= 4 is 50.8 Å². The normalized spacial score (nSPS) is 14.4. The lowest BCUT2D eigenvalue weighted by Gasteiger charge is -2.16. The SMILES string of the molecule is Cn1cccc1/C=C1/C(=O)N(CC(=O)Nc2ccc(Br)cc2)c2ccc(F)cc21. The topological polar surface area (TPSA) is 54.3 Å². The first kappa shape index (κ1) is 19.1. The van der Waals surface area contributed by atoms with Crippen molar-refractivity contribution in [1.29, 1.82) is 0 Å². The van der Waals surface area contributed by atoms with E-state index in [1.54, 1.807) is 18.2 Å². The Morgan fingerprint density at radius 3 is 2.62 bits per heavy atom. The minimum Gasteiger partial charge on any atom is -0.351 e. The summed E-state index contributed by atoms with van der Waals surface area (Å²) in [5.41, 5.74) is 2.79. The Kier molecular flexibility index (Phi) is 5.07. The zero-order valence-corrected chi connectivity index (χ0v) is 17.1. The summed E-state index contributed by atoms with van der Waals surface area (Å²) in [6, 6.07) is 15.0. The van der Waals surface area contributed by atoms with Gasteiger partial charge in [0, 0.05) is 34.7 Å². The molecule has 1 aliphatic heterocycles. The van der Waals surface area contributed by atoms with Crippen molar-refractivity contribution in [2.24, 2.45) is 7.05 Å². The molecule has 0 atom stereocenters. The molecule has 0 spiro atoms. The van der Waals surface area contributed by atoms with E-state index in [4.69, 9.17) is 0 Å². The van der Waals surface area contributed by atoms with Gasteiger partial charge in [-0.3, -0.25) is 14.5 Å². The summed E-state index contributed by atoms with van der Waals surface area (Å²) < 4.78 is 16.6. The van der Waals surface area contributed by atoms with Gasteiger partial charge in [0.15, 0.2) is 0 Å². The average molecular weight is 454 g/mol. The van der Waals surface area contributed by atoms with Crippen LogP contribution in [0.25, 0.3) is 11.6 Å². The Bertz CT molecular complexity index is 1140. The highest BCUT2D eigenvalue weighted by molar-refractivity contribution is 9.10. The minimum absolute atomic E-state index is 0.169. The van der Waals surface area contributed by atoms with E-state index in [9.17, 15) is 14.0 Å². The van der Waals surface area contributed by atoms with Gasteiger partial charge in [0.1, 0.15) is 12.4 Å². The van der Waals surface area contributed by atoms with Gasteiger partial charge in [-0.1, -0.05) is 15.9 Å². The predicted molar refractivity (Wildman–Crippen MR) is 115 cm³/mol. The third kappa shape index (κ3) is 3.86. The Morgan fingerprint density at radius 2 is 1.93 bits per heavy atom. The summed E-state index contributed by atoms with van der Waals surface area (Å²) in [6.07, 6.45) is 3.58. The molecule has 1 aliphatic rings. The number of rotatable bonds is 4. The van der Waals surface area contributed by atoms with Crippen LogP contribution in [0.15, 0.2) is 65.3 Å². The van der Waals surface area contributed by atoms with Gasteiger partial charge < -0.3 is 9.88 Å². The number of nitrogens with one attached hydrogen (secondary N) is 1. The zero-order chi connectivity index (χ0) is 20.5. The van der Waals surface area contributed by atoms with E-state index in [1.807, 2.05) is 42.1 Å². The second-order valence-electron chi connectivity index (χ2n) is 6.71. The first-order chi connectivity index (χ1) is 13.9. The van der Waals surface area contributed by atoms with E-state index in [1.165, 1.54) is 23.1 Å². The van der Waals surface area contributed by atoms with Gasteiger partial charge in [0.2, 0.25) is 5.91 Å². The van der Waals surface area contributed by atoms with Crippen LogP contribution in [0.4, 0.5) is 15.8 Å². The van der Waals surface area contributed by atoms with E-state index >= 15 is 0 Å². The molecular formula is C22H17BrFN3O2. The highest BCUT2D eigenvalue weighted by atomic mass is 79.9. The number of fused-ring (bicyclic) bond motifs is 1. The highest BCUT2D eigenvalue weighted by Crippen LogP contribution is 2.38. The van der Waals surface area contributed by atoms with E-state index in [2.05, 4.69) is 21.2 Å². The average Bonchev–Trinajstić information content (AvgIpc) is 3.20. The predicted octanol–water partition coefficient (Wildman–Crippen LogP) is 4.45. The molecule has 0 radical (unpaired) electrons. The fourth-order valence-corrected chi connectivity index (χ4v) is 3.54. The molecule has 5 nitrogen and oxygen atoms in total. The van der Waals surface area contributed by atoms with Crippen LogP contribution in [0.5, 0.6) is 0 Å². The smallest absolute Gasteiger partial charge is 0.259 e. The first-order valence-corrected chi connectivity index (χ1v) is 9.72. The van der Waals surface area contributed by atoms with Gasteiger partial charge in [-0.05, 0) is 60.7 Å². The lowest BCUT2D eigenvalue weighted by atomic mass is 10.1. The molecule has 0 aliphatic carbocycles. The molecule has 3 aromatic rings. The summed E-state index contributed by atoms with van der Waals surface area (Å²) in [7, 11) is 1.86. The fraction of sp³-hybridized carbons (Fsp3) is 0.0909. The summed E-state index contributed by atoms with van der Waals surface area (Å²) in [4.78, 5) is 27.0. The van der Waals surface area contributed by atoms with Gasteiger partial charge in [-0.25, -0.2) is 4.39 Å². The Labute approximate surface area is 175 Å². The fourth-order valence-electron chi connectivity index (χ4n) is 3.28. The van der Waals surface area contributed by atoms with Gasteiger partial charge in [0.25, 0.3) is 5.91 Å². The van der Waals surface area contributed by atoms with Crippen molar-refractivity contribution in [3.8, 4) is 0 Å². The third-order valence-corrected chi connectivity index (χ3v) is 5.25. The molecule has 0 saturated carbocycles. The Balaban J connectivity index is 1.63. The van der Waals surface area contributed by atoms with Crippen molar-refractivity contribution in [2.45, 2.75) is 0 Å². The molecule has 7 heteroatoms. The van der Waals surface area contributed by atoms with Crippen molar-refractivity contribution in [1.82, 2.24) is 4.57 Å². The maximum Gasteiger partial charge on any atom is 0.259 e. The van der Waals surface area contributed by atoms with Crippen LogP contribution in [-0.4, -0.2) is 22.9 Å². The van der Waals surface area contributed by atoms with Crippen molar-refractivity contribution in [3.05, 3.63) is 82.3 Å². The third-order valence-electron chi connectivity index (χ3n) is 4.72. The Hall–Kier alpha value is -3.19. The molecule has 146 valence electrons. The van der Waals surface area contributed by atoms with Crippen molar-refractivity contribution in [3.63, 3.8) is 0 Å². The molecule has 0 fully saturated rings. The molecule has 2 amide bonds. The van der Waals surface area contributed by atoms with Gasteiger partial charge in [-0.15, -0.1) is 0 Å². The monoisotopic (exact) mass is 453 g/mol. The van der Waals surface area contributed by atoms with E-state index in [0.717, 1.165) is 10.2 Å². The second-order valence-corrected chi connectivity index (χ2v) is 7.63. The maximum atomic E-state index is 13.9. The number of anilines is 2. The molecule has 2 aromatic carbocycles. The Morgan fingerprint density at radius 1 is 1.17 bits per heavy atom. The number of hydrogen-bond acceptors (Lipinski definition) is 2. The van der Waals surface area contributed by atoms with Crippen molar-refractivity contribution in [2.75, 3.05) is 16.8 Å². The number of benzene rings is 2. The number of hydrogen-bond donors (Lipinski definition) is 1. The van der Waals surface area contributed by atoms with Crippen LogP contribution >= 0.6 is 15.9 Å². The largest absolute Gasteiger partial charge is 0.351 e. The molecule has 0 bridgehead atoms. The van der Waals surface area contributed by atoms with Gasteiger partial charge in [-0.2, -0.15) is 0 Å². The number of amides is 2. The number of carbonyl (C=O) groups excluding carboxylic acids is 2.